The lowest BCUT2D eigenvalue weighted by atomic mass is 10.2. The Balaban J connectivity index is 1.27. The van der Waals surface area contributed by atoms with Crippen molar-refractivity contribution in [3.63, 3.8) is 0 Å². The van der Waals surface area contributed by atoms with E-state index < -0.39 is 0 Å². The number of hydrogen-bond acceptors (Lipinski definition) is 5. The molecule has 6 nitrogen and oxygen atoms in total. The standard InChI is InChI=1S/C21H18N4O2S/c26-18(24-16-9-3-6-14-7-4-12-22-19(14)16)11-5-13-23-20(27)21-25-15-8-1-2-10-17(15)28-21/h1-4,6-10,12H,5,11,13H2,(H,23,27)(H,24,26). The van der Waals surface area contributed by atoms with Gasteiger partial charge in [-0.3, -0.25) is 14.6 Å². The Labute approximate surface area is 165 Å². The van der Waals surface area contributed by atoms with Crippen molar-refractivity contribution in [2.75, 3.05) is 11.9 Å². The Kier molecular flexibility index (Phi) is 5.25. The lowest BCUT2D eigenvalue weighted by molar-refractivity contribution is -0.116. The highest BCUT2D eigenvalue weighted by Crippen LogP contribution is 2.22. The van der Waals surface area contributed by atoms with Gasteiger partial charge in [0.2, 0.25) is 5.91 Å². The number of thiazole rings is 1. The van der Waals surface area contributed by atoms with Gasteiger partial charge in [0.1, 0.15) is 0 Å². The summed E-state index contributed by atoms with van der Waals surface area (Å²) in [4.78, 5) is 33.1. The Bertz CT molecular complexity index is 1120. The van der Waals surface area contributed by atoms with Crippen molar-refractivity contribution in [2.45, 2.75) is 12.8 Å². The van der Waals surface area contributed by atoms with Crippen LogP contribution in [0.3, 0.4) is 0 Å². The van der Waals surface area contributed by atoms with E-state index in [9.17, 15) is 9.59 Å². The van der Waals surface area contributed by atoms with E-state index in [1.54, 1.807) is 6.20 Å². The maximum absolute atomic E-state index is 12.2. The average Bonchev–Trinajstić information content (AvgIpc) is 3.16. The molecule has 0 unspecified atom stereocenters. The molecule has 0 saturated carbocycles. The lowest BCUT2D eigenvalue weighted by Crippen LogP contribution is -2.25. The van der Waals surface area contributed by atoms with Gasteiger partial charge in [0, 0.05) is 24.5 Å². The van der Waals surface area contributed by atoms with Gasteiger partial charge in [0.25, 0.3) is 5.91 Å². The summed E-state index contributed by atoms with van der Waals surface area (Å²) in [5.74, 6) is -0.313. The van der Waals surface area contributed by atoms with Crippen molar-refractivity contribution >= 4 is 50.0 Å². The molecule has 0 saturated heterocycles. The Hall–Kier alpha value is -3.32. The fraction of sp³-hybridized carbons (Fsp3) is 0.143. The van der Waals surface area contributed by atoms with Gasteiger partial charge < -0.3 is 10.6 Å². The van der Waals surface area contributed by atoms with Gasteiger partial charge in [0.05, 0.1) is 21.4 Å². The number of rotatable bonds is 6. The van der Waals surface area contributed by atoms with Gasteiger partial charge in [-0.1, -0.05) is 30.3 Å². The van der Waals surface area contributed by atoms with Gasteiger partial charge in [-0.05, 0) is 30.7 Å². The number of fused-ring (bicyclic) bond motifs is 2. The Morgan fingerprint density at radius 3 is 2.75 bits per heavy atom. The maximum atomic E-state index is 12.2. The quantitative estimate of drug-likeness (QED) is 0.488. The predicted octanol–water partition coefficient (Wildman–Crippen LogP) is 3.99. The first-order valence-corrected chi connectivity index (χ1v) is 9.80. The summed E-state index contributed by atoms with van der Waals surface area (Å²) >= 11 is 1.36. The minimum atomic E-state index is -0.208. The number of nitrogens with zero attached hydrogens (tertiary/aromatic N) is 2. The summed E-state index contributed by atoms with van der Waals surface area (Å²) in [6, 6.07) is 17.1. The third kappa shape index (κ3) is 3.99. The van der Waals surface area contributed by atoms with E-state index in [1.807, 2.05) is 54.6 Å². The highest BCUT2D eigenvalue weighted by molar-refractivity contribution is 7.20. The molecule has 2 heterocycles. The summed E-state index contributed by atoms with van der Waals surface area (Å²) in [7, 11) is 0. The highest BCUT2D eigenvalue weighted by atomic mass is 32.1. The van der Waals surface area contributed by atoms with Crippen LogP contribution in [-0.2, 0) is 4.79 Å². The number of para-hydroxylation sites is 2. The average molecular weight is 390 g/mol. The second kappa shape index (κ2) is 8.14. The predicted molar refractivity (Wildman–Crippen MR) is 112 cm³/mol. The summed E-state index contributed by atoms with van der Waals surface area (Å²) < 4.78 is 0.982. The molecule has 0 atom stereocenters. The topological polar surface area (TPSA) is 84.0 Å². The van der Waals surface area contributed by atoms with Crippen molar-refractivity contribution in [3.05, 3.63) is 65.8 Å². The third-order valence-electron chi connectivity index (χ3n) is 4.26. The van der Waals surface area contributed by atoms with Crippen LogP contribution in [0.1, 0.15) is 22.6 Å². The van der Waals surface area contributed by atoms with Crippen LogP contribution in [-0.4, -0.2) is 28.3 Å². The number of aromatic nitrogens is 2. The molecule has 4 aromatic rings. The van der Waals surface area contributed by atoms with Crippen molar-refractivity contribution in [1.29, 1.82) is 0 Å². The molecule has 0 aliphatic carbocycles. The minimum Gasteiger partial charge on any atom is -0.350 e. The van der Waals surface area contributed by atoms with Crippen molar-refractivity contribution in [2.24, 2.45) is 0 Å². The number of nitrogens with one attached hydrogen (secondary N) is 2. The zero-order valence-electron chi connectivity index (χ0n) is 15.0. The third-order valence-corrected chi connectivity index (χ3v) is 5.30. The number of anilines is 1. The first kappa shape index (κ1) is 18.1. The fourth-order valence-electron chi connectivity index (χ4n) is 2.91. The van der Waals surface area contributed by atoms with Crippen LogP contribution in [0, 0.1) is 0 Å². The molecule has 0 spiro atoms. The molecule has 28 heavy (non-hydrogen) atoms. The lowest BCUT2D eigenvalue weighted by Gasteiger charge is -2.08. The second-order valence-corrected chi connectivity index (χ2v) is 7.31. The molecule has 0 aliphatic heterocycles. The number of pyridine rings is 1. The van der Waals surface area contributed by atoms with Crippen LogP contribution in [0.4, 0.5) is 5.69 Å². The molecular formula is C21H18N4O2S. The van der Waals surface area contributed by atoms with E-state index in [0.29, 0.717) is 30.1 Å². The van der Waals surface area contributed by atoms with Gasteiger partial charge in [-0.15, -0.1) is 11.3 Å². The van der Waals surface area contributed by atoms with Crippen LogP contribution in [0.5, 0.6) is 0 Å². The molecule has 0 aliphatic rings. The molecule has 0 bridgehead atoms. The first-order valence-electron chi connectivity index (χ1n) is 8.98. The fourth-order valence-corrected chi connectivity index (χ4v) is 3.80. The summed E-state index contributed by atoms with van der Waals surface area (Å²) in [5, 5.41) is 7.14. The largest absolute Gasteiger partial charge is 0.350 e. The van der Waals surface area contributed by atoms with Crippen LogP contribution in [0.25, 0.3) is 21.1 Å². The molecule has 7 heteroatoms. The van der Waals surface area contributed by atoms with Crippen LogP contribution < -0.4 is 10.6 Å². The molecule has 0 radical (unpaired) electrons. The van der Waals surface area contributed by atoms with E-state index in [-0.39, 0.29) is 11.8 Å². The minimum absolute atomic E-state index is 0.104. The zero-order valence-corrected chi connectivity index (χ0v) is 15.8. The van der Waals surface area contributed by atoms with Crippen LogP contribution >= 0.6 is 11.3 Å². The van der Waals surface area contributed by atoms with Crippen molar-refractivity contribution in [1.82, 2.24) is 15.3 Å². The van der Waals surface area contributed by atoms with Crippen molar-refractivity contribution in [3.8, 4) is 0 Å². The molecule has 2 aromatic heterocycles. The summed E-state index contributed by atoms with van der Waals surface area (Å²) in [5.41, 5.74) is 2.28. The summed E-state index contributed by atoms with van der Waals surface area (Å²) in [6.45, 7) is 0.413. The number of carbonyl (C=O) groups is 2. The number of amides is 2. The smallest absolute Gasteiger partial charge is 0.280 e. The maximum Gasteiger partial charge on any atom is 0.280 e. The van der Waals surface area contributed by atoms with Gasteiger partial charge in [0.15, 0.2) is 5.01 Å². The number of carbonyl (C=O) groups excluding carboxylic acids is 2. The van der Waals surface area contributed by atoms with E-state index in [0.717, 1.165) is 21.1 Å². The van der Waals surface area contributed by atoms with Crippen LogP contribution in [0.15, 0.2) is 60.8 Å². The molecule has 2 amide bonds. The van der Waals surface area contributed by atoms with E-state index in [1.165, 1.54) is 11.3 Å². The second-order valence-electron chi connectivity index (χ2n) is 6.28. The molecule has 2 aromatic carbocycles. The number of hydrogen-bond donors (Lipinski definition) is 2. The van der Waals surface area contributed by atoms with Gasteiger partial charge in [-0.2, -0.15) is 0 Å². The number of benzene rings is 2. The zero-order chi connectivity index (χ0) is 19.3. The molecular weight excluding hydrogens is 372 g/mol. The molecule has 140 valence electrons. The Morgan fingerprint density at radius 1 is 1.00 bits per heavy atom. The monoisotopic (exact) mass is 390 g/mol. The molecule has 2 N–H and O–H groups in total. The Morgan fingerprint density at radius 2 is 1.86 bits per heavy atom. The SMILES string of the molecule is O=C(CCCNC(=O)c1nc2ccccc2s1)Nc1cccc2cccnc12. The van der Waals surface area contributed by atoms with E-state index >= 15 is 0 Å². The normalized spacial score (nSPS) is 10.9. The first-order chi connectivity index (χ1) is 13.7. The van der Waals surface area contributed by atoms with Crippen molar-refractivity contribution < 1.29 is 9.59 Å². The van der Waals surface area contributed by atoms with Gasteiger partial charge >= 0.3 is 0 Å². The van der Waals surface area contributed by atoms with Gasteiger partial charge in [-0.25, -0.2) is 4.98 Å². The van der Waals surface area contributed by atoms with E-state index in [2.05, 4.69) is 20.6 Å². The highest BCUT2D eigenvalue weighted by Gasteiger charge is 2.12. The van der Waals surface area contributed by atoms with E-state index in [4.69, 9.17) is 0 Å². The molecule has 4 rings (SSSR count). The van der Waals surface area contributed by atoms with Crippen LogP contribution in [0.2, 0.25) is 0 Å². The molecule has 0 fully saturated rings. The summed E-state index contributed by atoms with van der Waals surface area (Å²) in [6.07, 6.45) is 2.56.